The van der Waals surface area contributed by atoms with Crippen molar-refractivity contribution in [2.45, 2.75) is 45.1 Å². The van der Waals surface area contributed by atoms with Gasteiger partial charge >= 0.3 is 11.7 Å². The summed E-state index contributed by atoms with van der Waals surface area (Å²) in [6.45, 7) is 4.09. The van der Waals surface area contributed by atoms with E-state index in [0.717, 1.165) is 0 Å². The van der Waals surface area contributed by atoms with Crippen LogP contribution in [0.4, 0.5) is 11.5 Å². The van der Waals surface area contributed by atoms with Crippen molar-refractivity contribution < 1.29 is 14.8 Å². The van der Waals surface area contributed by atoms with Crippen LogP contribution in [0.2, 0.25) is 0 Å². The SMILES string of the molecule is CCc1nn(C)c(N2CCCC2(CC)C(=O)O)c1[N+](=O)[O-]. The molecule has 0 bridgehead atoms. The number of anilines is 1. The summed E-state index contributed by atoms with van der Waals surface area (Å²) in [5, 5.41) is 25.3. The van der Waals surface area contributed by atoms with Gasteiger partial charge in [0.25, 0.3) is 0 Å². The third-order valence-corrected chi connectivity index (χ3v) is 4.31. The van der Waals surface area contributed by atoms with Crippen LogP contribution >= 0.6 is 0 Å². The lowest BCUT2D eigenvalue weighted by molar-refractivity contribution is -0.384. The van der Waals surface area contributed by atoms with Crippen molar-refractivity contribution in [3.05, 3.63) is 15.8 Å². The molecule has 0 aromatic carbocycles. The normalized spacial score (nSPS) is 21.8. The number of nitrogens with zero attached hydrogens (tertiary/aromatic N) is 4. The van der Waals surface area contributed by atoms with Gasteiger partial charge in [0, 0.05) is 13.6 Å². The van der Waals surface area contributed by atoms with E-state index in [9.17, 15) is 20.0 Å². The second-order valence-corrected chi connectivity index (χ2v) is 5.30. The van der Waals surface area contributed by atoms with Crippen LogP contribution in [0.25, 0.3) is 0 Å². The van der Waals surface area contributed by atoms with E-state index in [-0.39, 0.29) is 5.69 Å². The van der Waals surface area contributed by atoms with E-state index >= 15 is 0 Å². The number of carboxylic acid groups (broad SMARTS) is 1. The summed E-state index contributed by atoms with van der Waals surface area (Å²) in [5.74, 6) is -0.630. The quantitative estimate of drug-likeness (QED) is 0.655. The minimum Gasteiger partial charge on any atom is -0.479 e. The third-order valence-electron chi connectivity index (χ3n) is 4.31. The van der Waals surface area contributed by atoms with Crippen LogP contribution in [0, 0.1) is 10.1 Å². The van der Waals surface area contributed by atoms with Gasteiger partial charge in [0.1, 0.15) is 11.2 Å². The number of nitro groups is 1. The second-order valence-electron chi connectivity index (χ2n) is 5.30. The van der Waals surface area contributed by atoms with Gasteiger partial charge in [-0.05, 0) is 25.7 Å². The molecular weight excluding hydrogens is 276 g/mol. The average Bonchev–Trinajstić information content (AvgIpc) is 2.99. The van der Waals surface area contributed by atoms with Crippen molar-refractivity contribution in [1.82, 2.24) is 9.78 Å². The number of hydrogen-bond acceptors (Lipinski definition) is 5. The first-order chi connectivity index (χ1) is 9.89. The first kappa shape index (κ1) is 15.3. The molecule has 2 rings (SSSR count). The molecule has 2 heterocycles. The highest BCUT2D eigenvalue weighted by atomic mass is 16.6. The summed E-state index contributed by atoms with van der Waals surface area (Å²) in [4.78, 5) is 24.4. The van der Waals surface area contributed by atoms with Gasteiger partial charge in [0.15, 0.2) is 0 Å². The zero-order chi connectivity index (χ0) is 15.8. The molecule has 0 amide bonds. The van der Waals surface area contributed by atoms with Crippen molar-refractivity contribution in [2.24, 2.45) is 7.05 Å². The lowest BCUT2D eigenvalue weighted by Crippen LogP contribution is -2.51. The Morgan fingerprint density at radius 1 is 1.52 bits per heavy atom. The molecule has 8 heteroatoms. The van der Waals surface area contributed by atoms with Gasteiger partial charge in [-0.15, -0.1) is 0 Å². The van der Waals surface area contributed by atoms with E-state index in [4.69, 9.17) is 0 Å². The molecule has 0 aliphatic carbocycles. The summed E-state index contributed by atoms with van der Waals surface area (Å²) >= 11 is 0. The summed E-state index contributed by atoms with van der Waals surface area (Å²) < 4.78 is 1.44. The highest BCUT2D eigenvalue weighted by Gasteiger charge is 2.49. The van der Waals surface area contributed by atoms with Gasteiger partial charge in [0.05, 0.1) is 4.92 Å². The topological polar surface area (TPSA) is 102 Å². The first-order valence-electron chi connectivity index (χ1n) is 7.10. The lowest BCUT2D eigenvalue weighted by Gasteiger charge is -2.34. The van der Waals surface area contributed by atoms with Gasteiger partial charge in [-0.25, -0.2) is 9.48 Å². The maximum absolute atomic E-state index is 11.8. The van der Waals surface area contributed by atoms with Crippen molar-refractivity contribution in [2.75, 3.05) is 11.4 Å². The van der Waals surface area contributed by atoms with E-state index in [1.807, 2.05) is 0 Å². The number of carboxylic acids is 1. The fourth-order valence-electron chi connectivity index (χ4n) is 3.21. The van der Waals surface area contributed by atoms with Crippen molar-refractivity contribution in [3.63, 3.8) is 0 Å². The Hall–Kier alpha value is -2.12. The van der Waals surface area contributed by atoms with Crippen LogP contribution in [-0.4, -0.2) is 37.9 Å². The van der Waals surface area contributed by atoms with Crippen LogP contribution in [0.1, 0.15) is 38.8 Å². The molecule has 1 N–H and O–H groups in total. The maximum Gasteiger partial charge on any atom is 0.334 e. The Balaban J connectivity index is 2.63. The molecule has 0 radical (unpaired) electrons. The van der Waals surface area contributed by atoms with Crippen LogP contribution in [-0.2, 0) is 18.3 Å². The van der Waals surface area contributed by atoms with Gasteiger partial charge in [-0.1, -0.05) is 13.8 Å². The number of aromatic nitrogens is 2. The summed E-state index contributed by atoms with van der Waals surface area (Å²) in [5.41, 5.74) is -0.760. The number of hydrogen-bond donors (Lipinski definition) is 1. The predicted molar refractivity (Wildman–Crippen MR) is 76.5 cm³/mol. The van der Waals surface area contributed by atoms with E-state index in [0.29, 0.717) is 43.7 Å². The molecular formula is C13H20N4O4. The van der Waals surface area contributed by atoms with Crippen molar-refractivity contribution in [3.8, 4) is 0 Å². The van der Waals surface area contributed by atoms with Crippen LogP contribution < -0.4 is 4.90 Å². The zero-order valence-electron chi connectivity index (χ0n) is 12.5. The highest BCUT2D eigenvalue weighted by Crippen LogP contribution is 2.42. The van der Waals surface area contributed by atoms with Crippen LogP contribution in [0.3, 0.4) is 0 Å². The Morgan fingerprint density at radius 3 is 2.67 bits per heavy atom. The Bertz CT molecular complexity index is 583. The largest absolute Gasteiger partial charge is 0.479 e. The maximum atomic E-state index is 11.8. The fourth-order valence-corrected chi connectivity index (χ4v) is 3.21. The molecule has 8 nitrogen and oxygen atoms in total. The second kappa shape index (κ2) is 5.34. The first-order valence-corrected chi connectivity index (χ1v) is 7.10. The Kier molecular flexibility index (Phi) is 3.89. The molecule has 1 saturated heterocycles. The number of rotatable bonds is 5. The number of aliphatic carboxylic acids is 1. The van der Waals surface area contributed by atoms with Crippen molar-refractivity contribution in [1.29, 1.82) is 0 Å². The van der Waals surface area contributed by atoms with Gasteiger partial charge in [-0.3, -0.25) is 10.1 Å². The van der Waals surface area contributed by atoms with E-state index in [2.05, 4.69) is 5.10 Å². The molecule has 1 fully saturated rings. The molecule has 1 unspecified atom stereocenters. The van der Waals surface area contributed by atoms with Gasteiger partial charge in [0.2, 0.25) is 5.82 Å². The Labute approximate surface area is 122 Å². The third kappa shape index (κ3) is 2.14. The molecule has 1 aromatic rings. The summed E-state index contributed by atoms with van der Waals surface area (Å²) in [6, 6.07) is 0. The average molecular weight is 296 g/mol. The number of aryl methyl sites for hydroxylation is 2. The fraction of sp³-hybridized carbons (Fsp3) is 0.692. The van der Waals surface area contributed by atoms with Crippen LogP contribution in [0.15, 0.2) is 0 Å². The molecule has 1 aromatic heterocycles. The lowest BCUT2D eigenvalue weighted by atomic mass is 9.93. The minimum absolute atomic E-state index is 0.0685. The van der Waals surface area contributed by atoms with E-state index in [1.165, 1.54) is 4.68 Å². The smallest absolute Gasteiger partial charge is 0.334 e. The van der Waals surface area contributed by atoms with Gasteiger partial charge in [-0.2, -0.15) is 5.10 Å². The Morgan fingerprint density at radius 2 is 2.19 bits per heavy atom. The van der Waals surface area contributed by atoms with Crippen LogP contribution in [0.5, 0.6) is 0 Å². The monoisotopic (exact) mass is 296 g/mol. The molecule has 1 aliphatic rings. The van der Waals surface area contributed by atoms with E-state index < -0.39 is 16.4 Å². The molecule has 0 spiro atoms. The highest BCUT2D eigenvalue weighted by molar-refractivity contribution is 5.85. The summed E-state index contributed by atoms with van der Waals surface area (Å²) in [7, 11) is 1.63. The van der Waals surface area contributed by atoms with Gasteiger partial charge < -0.3 is 10.0 Å². The minimum atomic E-state index is -1.08. The predicted octanol–water partition coefficient (Wildman–Crippen LogP) is 1.72. The van der Waals surface area contributed by atoms with Crippen molar-refractivity contribution >= 4 is 17.5 Å². The zero-order valence-corrected chi connectivity index (χ0v) is 12.5. The number of carbonyl (C=O) groups is 1. The molecule has 1 atom stereocenters. The summed E-state index contributed by atoms with van der Waals surface area (Å²) in [6.07, 6.45) is 2.02. The molecule has 1 aliphatic heterocycles. The molecule has 21 heavy (non-hydrogen) atoms. The molecule has 116 valence electrons. The van der Waals surface area contributed by atoms with E-state index in [1.54, 1.807) is 25.8 Å². The standard InChI is InChI=1S/C13H20N4O4/c1-4-9-10(17(20)21)11(15(3)14-9)16-8-6-7-13(16,5-2)12(18)19/h4-8H2,1-3H3,(H,18,19). The molecule has 0 saturated carbocycles.